The molecule has 0 unspecified atom stereocenters. The Morgan fingerprint density at radius 3 is 2.27 bits per heavy atom. The topological polar surface area (TPSA) is 25.8 Å². The highest BCUT2D eigenvalue weighted by molar-refractivity contribution is 9.10. The van der Waals surface area contributed by atoms with Gasteiger partial charge in [0.25, 0.3) is 0 Å². The van der Waals surface area contributed by atoms with Crippen LogP contribution in [0.3, 0.4) is 0 Å². The molecule has 2 rings (SSSR count). The molecule has 0 amide bonds. The largest absolute Gasteiger partial charge is 0.239 e. The first kappa shape index (κ1) is 10.3. The summed E-state index contributed by atoms with van der Waals surface area (Å²) in [6.45, 7) is 3.90. The zero-order chi connectivity index (χ0) is 10.8. The van der Waals surface area contributed by atoms with Crippen LogP contribution < -0.4 is 0 Å². The van der Waals surface area contributed by atoms with Crippen LogP contribution in [-0.4, -0.2) is 9.97 Å². The van der Waals surface area contributed by atoms with Gasteiger partial charge in [-0.2, -0.15) is 0 Å². The lowest BCUT2D eigenvalue weighted by molar-refractivity contribution is 1.02. The Bertz CT molecular complexity index is 457. The SMILES string of the molecule is Cc1cc(-c2ccc(Br)cc2)nc(C)n1. The summed E-state index contributed by atoms with van der Waals surface area (Å²) in [5.74, 6) is 0.813. The molecule has 1 aromatic heterocycles. The molecule has 3 heteroatoms. The summed E-state index contributed by atoms with van der Waals surface area (Å²) in [7, 11) is 0. The number of nitrogens with zero attached hydrogens (tertiary/aromatic N) is 2. The van der Waals surface area contributed by atoms with E-state index in [9.17, 15) is 0 Å². The maximum atomic E-state index is 4.41. The molecule has 0 bridgehead atoms. The van der Waals surface area contributed by atoms with E-state index in [4.69, 9.17) is 0 Å². The average Bonchev–Trinajstić information content (AvgIpc) is 2.17. The molecule has 0 radical (unpaired) electrons. The molecule has 1 heterocycles. The van der Waals surface area contributed by atoms with Gasteiger partial charge in [0.1, 0.15) is 5.82 Å². The van der Waals surface area contributed by atoms with Crippen molar-refractivity contribution in [2.45, 2.75) is 13.8 Å². The second-order valence-corrected chi connectivity index (χ2v) is 4.36. The molecule has 0 aliphatic heterocycles. The highest BCUT2D eigenvalue weighted by Gasteiger charge is 2.01. The summed E-state index contributed by atoms with van der Waals surface area (Å²) in [5, 5.41) is 0. The van der Waals surface area contributed by atoms with Crippen molar-refractivity contribution in [3.05, 3.63) is 46.3 Å². The Kier molecular flexibility index (Phi) is 2.82. The first-order valence-electron chi connectivity index (χ1n) is 4.73. The molecule has 0 aliphatic carbocycles. The summed E-state index contributed by atoms with van der Waals surface area (Å²) in [5.41, 5.74) is 3.10. The Morgan fingerprint density at radius 2 is 1.67 bits per heavy atom. The lowest BCUT2D eigenvalue weighted by atomic mass is 10.1. The maximum absolute atomic E-state index is 4.41. The molecule has 0 fully saturated rings. The van der Waals surface area contributed by atoms with Gasteiger partial charge in [0, 0.05) is 15.7 Å². The van der Waals surface area contributed by atoms with Gasteiger partial charge in [-0.1, -0.05) is 28.1 Å². The number of rotatable bonds is 1. The predicted molar refractivity (Wildman–Crippen MR) is 64.6 cm³/mol. The molecule has 15 heavy (non-hydrogen) atoms. The van der Waals surface area contributed by atoms with Gasteiger partial charge < -0.3 is 0 Å². The van der Waals surface area contributed by atoms with E-state index in [1.165, 1.54) is 0 Å². The zero-order valence-corrected chi connectivity index (χ0v) is 10.2. The van der Waals surface area contributed by atoms with Crippen LogP contribution in [0, 0.1) is 13.8 Å². The van der Waals surface area contributed by atoms with Gasteiger partial charge in [0.2, 0.25) is 0 Å². The van der Waals surface area contributed by atoms with Gasteiger partial charge in [0.15, 0.2) is 0 Å². The van der Waals surface area contributed by atoms with E-state index in [0.717, 1.165) is 27.2 Å². The molecule has 1 aromatic carbocycles. The van der Waals surface area contributed by atoms with Crippen molar-refractivity contribution in [2.75, 3.05) is 0 Å². The highest BCUT2D eigenvalue weighted by atomic mass is 79.9. The van der Waals surface area contributed by atoms with Crippen LogP contribution in [0.5, 0.6) is 0 Å². The quantitative estimate of drug-likeness (QED) is 0.786. The monoisotopic (exact) mass is 262 g/mol. The third kappa shape index (κ3) is 2.42. The Morgan fingerprint density at radius 1 is 1.00 bits per heavy atom. The molecule has 76 valence electrons. The number of aromatic nitrogens is 2. The van der Waals surface area contributed by atoms with Crippen LogP contribution in [-0.2, 0) is 0 Å². The van der Waals surface area contributed by atoms with Crippen molar-refractivity contribution in [3.8, 4) is 11.3 Å². The fourth-order valence-electron chi connectivity index (χ4n) is 1.49. The molecule has 0 spiro atoms. The van der Waals surface area contributed by atoms with Crippen LogP contribution in [0.25, 0.3) is 11.3 Å². The Labute approximate surface area is 97.5 Å². The van der Waals surface area contributed by atoms with E-state index in [0.29, 0.717) is 0 Å². The van der Waals surface area contributed by atoms with E-state index in [-0.39, 0.29) is 0 Å². The molecular weight excluding hydrogens is 252 g/mol. The fourth-order valence-corrected chi connectivity index (χ4v) is 1.75. The highest BCUT2D eigenvalue weighted by Crippen LogP contribution is 2.20. The molecule has 0 atom stereocenters. The van der Waals surface area contributed by atoms with Gasteiger partial charge >= 0.3 is 0 Å². The lowest BCUT2D eigenvalue weighted by Gasteiger charge is -2.03. The second kappa shape index (κ2) is 4.11. The zero-order valence-electron chi connectivity index (χ0n) is 8.66. The van der Waals surface area contributed by atoms with Crippen LogP contribution in [0.15, 0.2) is 34.8 Å². The van der Waals surface area contributed by atoms with Crippen LogP contribution in [0.2, 0.25) is 0 Å². The van der Waals surface area contributed by atoms with Crippen LogP contribution in [0.4, 0.5) is 0 Å². The van der Waals surface area contributed by atoms with Gasteiger partial charge in [0.05, 0.1) is 5.69 Å². The summed E-state index contributed by atoms with van der Waals surface area (Å²) < 4.78 is 1.08. The number of hydrogen-bond acceptors (Lipinski definition) is 2. The average molecular weight is 263 g/mol. The first-order chi connectivity index (χ1) is 7.15. The summed E-state index contributed by atoms with van der Waals surface area (Å²) in [4.78, 5) is 8.66. The second-order valence-electron chi connectivity index (χ2n) is 3.45. The van der Waals surface area contributed by atoms with Gasteiger partial charge in [-0.25, -0.2) is 9.97 Å². The minimum absolute atomic E-state index is 0.813. The molecule has 2 aromatic rings. The number of hydrogen-bond donors (Lipinski definition) is 0. The van der Waals surface area contributed by atoms with Crippen molar-refractivity contribution in [3.63, 3.8) is 0 Å². The van der Waals surface area contributed by atoms with Gasteiger partial charge in [-0.15, -0.1) is 0 Å². The van der Waals surface area contributed by atoms with Gasteiger partial charge in [-0.05, 0) is 32.0 Å². The van der Waals surface area contributed by atoms with Crippen molar-refractivity contribution in [1.82, 2.24) is 9.97 Å². The summed E-state index contributed by atoms with van der Waals surface area (Å²) in [6, 6.07) is 10.1. The fraction of sp³-hybridized carbons (Fsp3) is 0.167. The van der Waals surface area contributed by atoms with Crippen molar-refractivity contribution < 1.29 is 0 Å². The van der Waals surface area contributed by atoms with Crippen molar-refractivity contribution in [1.29, 1.82) is 0 Å². The minimum Gasteiger partial charge on any atom is -0.239 e. The molecule has 0 saturated carbocycles. The Balaban J connectivity index is 2.49. The van der Waals surface area contributed by atoms with E-state index in [1.807, 2.05) is 44.2 Å². The molecule has 0 saturated heterocycles. The van der Waals surface area contributed by atoms with E-state index in [2.05, 4.69) is 25.9 Å². The molecular formula is C12H11BrN2. The van der Waals surface area contributed by atoms with Crippen LogP contribution in [0.1, 0.15) is 11.5 Å². The predicted octanol–water partition coefficient (Wildman–Crippen LogP) is 3.52. The summed E-state index contributed by atoms with van der Waals surface area (Å²) in [6.07, 6.45) is 0. The van der Waals surface area contributed by atoms with Crippen LogP contribution >= 0.6 is 15.9 Å². The molecule has 0 N–H and O–H groups in total. The third-order valence-corrected chi connectivity index (χ3v) is 2.63. The number of halogens is 1. The normalized spacial score (nSPS) is 10.3. The standard InChI is InChI=1S/C12H11BrN2/c1-8-7-12(15-9(2)14-8)10-3-5-11(13)6-4-10/h3-7H,1-2H3. The lowest BCUT2D eigenvalue weighted by Crippen LogP contribution is -1.93. The van der Waals surface area contributed by atoms with Gasteiger partial charge in [-0.3, -0.25) is 0 Å². The smallest absolute Gasteiger partial charge is 0.126 e. The van der Waals surface area contributed by atoms with E-state index >= 15 is 0 Å². The molecule has 0 aliphatic rings. The molecule has 2 nitrogen and oxygen atoms in total. The number of aryl methyl sites for hydroxylation is 2. The van der Waals surface area contributed by atoms with E-state index in [1.54, 1.807) is 0 Å². The third-order valence-electron chi connectivity index (χ3n) is 2.11. The first-order valence-corrected chi connectivity index (χ1v) is 5.53. The summed E-state index contributed by atoms with van der Waals surface area (Å²) >= 11 is 3.41. The van der Waals surface area contributed by atoms with E-state index < -0.39 is 0 Å². The Hall–Kier alpha value is -1.22. The van der Waals surface area contributed by atoms with Crippen molar-refractivity contribution >= 4 is 15.9 Å². The maximum Gasteiger partial charge on any atom is 0.126 e. The minimum atomic E-state index is 0.813. The van der Waals surface area contributed by atoms with Crippen molar-refractivity contribution in [2.24, 2.45) is 0 Å². The number of benzene rings is 1.